The first-order valence-electron chi connectivity index (χ1n) is 14.8. The van der Waals surface area contributed by atoms with Crippen molar-refractivity contribution >= 4 is 27.8 Å². The van der Waals surface area contributed by atoms with Crippen LogP contribution in [0.3, 0.4) is 0 Å². The SMILES string of the molecule is CCCn1nnc2c(C)c(C(c3ccc(C)c(CN4CC(CC)Oc5ccccc5S4(O)O)c3)C(C)(C)C(=O)O)ccc21. The molecule has 0 radical (unpaired) electrons. The highest BCUT2D eigenvalue weighted by molar-refractivity contribution is 8.22. The average Bonchev–Trinajstić information content (AvgIpc) is 3.34. The largest absolute Gasteiger partial charge is 0.487 e. The van der Waals surface area contributed by atoms with Crippen LogP contribution in [0.2, 0.25) is 0 Å². The molecule has 3 N–H and O–H groups in total. The Morgan fingerprint density at radius 2 is 1.86 bits per heavy atom. The summed E-state index contributed by atoms with van der Waals surface area (Å²) in [4.78, 5) is 13.1. The van der Waals surface area contributed by atoms with Crippen molar-refractivity contribution in [2.75, 3.05) is 6.54 Å². The van der Waals surface area contributed by atoms with E-state index < -0.39 is 28.1 Å². The summed E-state index contributed by atoms with van der Waals surface area (Å²) in [5, 5.41) is 19.2. The lowest BCUT2D eigenvalue weighted by Gasteiger charge is -2.42. The molecule has 230 valence electrons. The summed E-state index contributed by atoms with van der Waals surface area (Å²) in [6, 6.07) is 17.1. The van der Waals surface area contributed by atoms with E-state index in [9.17, 15) is 19.0 Å². The number of hydrogen-bond acceptors (Lipinski definition) is 7. The zero-order valence-corrected chi connectivity index (χ0v) is 26.6. The molecule has 4 aromatic rings. The van der Waals surface area contributed by atoms with Crippen molar-refractivity contribution in [3.63, 3.8) is 0 Å². The number of ether oxygens (including phenoxy) is 1. The van der Waals surface area contributed by atoms with Crippen LogP contribution in [-0.4, -0.2) is 52.1 Å². The molecule has 2 unspecified atom stereocenters. The van der Waals surface area contributed by atoms with Crippen molar-refractivity contribution in [3.05, 3.63) is 82.4 Å². The number of nitrogens with zero attached hydrogens (tertiary/aromatic N) is 4. The molecule has 10 heteroatoms. The molecule has 43 heavy (non-hydrogen) atoms. The number of carbonyl (C=O) groups is 1. The van der Waals surface area contributed by atoms with E-state index in [1.807, 2.05) is 61.9 Å². The summed E-state index contributed by atoms with van der Waals surface area (Å²) in [6.45, 7) is 12.9. The minimum absolute atomic E-state index is 0.215. The van der Waals surface area contributed by atoms with Crippen LogP contribution in [0.1, 0.15) is 74.3 Å². The number of aryl methyl sites for hydroxylation is 3. The molecule has 1 aliphatic rings. The third kappa shape index (κ3) is 5.64. The first-order valence-corrected chi connectivity index (χ1v) is 16.3. The first-order chi connectivity index (χ1) is 20.4. The second-order valence-electron chi connectivity index (χ2n) is 12.0. The topological polar surface area (TPSA) is 121 Å². The van der Waals surface area contributed by atoms with Crippen LogP contribution in [0.5, 0.6) is 5.75 Å². The first kappa shape index (κ1) is 31.0. The molecule has 1 aromatic heterocycles. The third-order valence-corrected chi connectivity index (χ3v) is 10.6. The fourth-order valence-electron chi connectivity index (χ4n) is 6.04. The Morgan fingerprint density at radius 3 is 2.56 bits per heavy atom. The highest BCUT2D eigenvalue weighted by Crippen LogP contribution is 2.57. The molecule has 9 nitrogen and oxygen atoms in total. The second kappa shape index (κ2) is 11.9. The van der Waals surface area contributed by atoms with Crippen LogP contribution < -0.4 is 4.74 Å². The van der Waals surface area contributed by atoms with Gasteiger partial charge in [-0.3, -0.25) is 13.9 Å². The van der Waals surface area contributed by atoms with E-state index in [0.717, 1.165) is 51.8 Å². The number of aliphatic carboxylic acids is 1. The molecule has 3 aromatic carbocycles. The van der Waals surface area contributed by atoms with Gasteiger partial charge in [0, 0.05) is 19.0 Å². The maximum atomic E-state index is 12.7. The number of aromatic nitrogens is 3. The fourth-order valence-corrected chi connectivity index (χ4v) is 7.66. The molecular weight excluding hydrogens is 564 g/mol. The Kier molecular flexibility index (Phi) is 8.59. The lowest BCUT2D eigenvalue weighted by Crippen LogP contribution is -2.35. The molecule has 0 bridgehead atoms. The van der Waals surface area contributed by atoms with Crippen LogP contribution in [0.4, 0.5) is 0 Å². The predicted molar refractivity (Wildman–Crippen MR) is 170 cm³/mol. The normalized spacial score (nSPS) is 18.5. The van der Waals surface area contributed by atoms with Gasteiger partial charge in [-0.2, -0.15) is 4.31 Å². The number of rotatable bonds is 9. The van der Waals surface area contributed by atoms with E-state index in [1.54, 1.807) is 36.4 Å². The quantitative estimate of drug-likeness (QED) is 0.180. The molecule has 0 fully saturated rings. The summed E-state index contributed by atoms with van der Waals surface area (Å²) < 4.78 is 32.9. The predicted octanol–water partition coefficient (Wildman–Crippen LogP) is 7.40. The molecule has 0 spiro atoms. The van der Waals surface area contributed by atoms with Crippen molar-refractivity contribution in [1.82, 2.24) is 19.3 Å². The minimum Gasteiger partial charge on any atom is -0.487 e. The van der Waals surface area contributed by atoms with E-state index in [1.165, 1.54) is 0 Å². The van der Waals surface area contributed by atoms with Crippen LogP contribution in [0.15, 0.2) is 59.5 Å². The Bertz CT molecular complexity index is 1650. The number of para-hydroxylation sites is 1. The monoisotopic (exact) mass is 606 g/mol. The van der Waals surface area contributed by atoms with Gasteiger partial charge in [-0.05, 0) is 86.6 Å². The van der Waals surface area contributed by atoms with Gasteiger partial charge < -0.3 is 9.84 Å². The van der Waals surface area contributed by atoms with Gasteiger partial charge >= 0.3 is 5.97 Å². The van der Waals surface area contributed by atoms with E-state index in [2.05, 4.69) is 17.2 Å². The number of hydrogen-bond donors (Lipinski definition) is 3. The van der Waals surface area contributed by atoms with Crippen LogP contribution in [0.25, 0.3) is 11.0 Å². The number of benzene rings is 3. The molecule has 5 rings (SSSR count). The van der Waals surface area contributed by atoms with Crippen LogP contribution in [-0.2, 0) is 17.9 Å². The Balaban J connectivity index is 1.60. The van der Waals surface area contributed by atoms with E-state index in [-0.39, 0.29) is 12.6 Å². The Morgan fingerprint density at radius 1 is 1.12 bits per heavy atom. The van der Waals surface area contributed by atoms with Crippen LogP contribution >= 0.6 is 10.8 Å². The highest BCUT2D eigenvalue weighted by atomic mass is 32.3. The zero-order chi connectivity index (χ0) is 31.1. The number of carboxylic acid groups (broad SMARTS) is 1. The summed E-state index contributed by atoms with van der Waals surface area (Å²) in [7, 11) is -3.34. The van der Waals surface area contributed by atoms with Gasteiger partial charge in [0.2, 0.25) is 0 Å². The maximum absolute atomic E-state index is 12.7. The average molecular weight is 607 g/mol. The van der Waals surface area contributed by atoms with Crippen molar-refractivity contribution < 1.29 is 23.7 Å². The van der Waals surface area contributed by atoms with Gasteiger partial charge in [0.05, 0.1) is 17.5 Å². The molecular formula is C33H42N4O5S. The molecule has 0 aliphatic carbocycles. The van der Waals surface area contributed by atoms with Crippen molar-refractivity contribution in [2.45, 2.75) is 84.4 Å². The molecule has 0 saturated carbocycles. The molecule has 0 amide bonds. The molecule has 0 saturated heterocycles. The summed E-state index contributed by atoms with van der Waals surface area (Å²) in [6.07, 6.45) is 1.42. The number of carboxylic acids is 1. The molecule has 2 atom stereocenters. The van der Waals surface area contributed by atoms with Gasteiger partial charge in [0.1, 0.15) is 22.3 Å². The Hall–Kier alpha value is -3.44. The summed E-state index contributed by atoms with van der Waals surface area (Å²) in [5.41, 5.74) is 5.04. The van der Waals surface area contributed by atoms with Gasteiger partial charge in [0.15, 0.2) is 0 Å². The lowest BCUT2D eigenvalue weighted by molar-refractivity contribution is -0.147. The standard InChI is InChI=1S/C33H42N4O5S/c1-7-17-37-27-16-15-26(22(4)31(27)34-35-37)30(33(5,6)32(38)39)23-14-13-21(3)24(18-23)19-36-20-25(8-2)42-28-11-9-10-12-29(28)43(36,40)41/h9-16,18,25,30,40-41H,7-8,17,19-20H2,1-6H3,(H,38,39). The summed E-state index contributed by atoms with van der Waals surface area (Å²) >= 11 is 0. The lowest BCUT2D eigenvalue weighted by atomic mass is 9.69. The summed E-state index contributed by atoms with van der Waals surface area (Å²) in [5.74, 6) is -0.913. The smallest absolute Gasteiger partial charge is 0.310 e. The van der Waals surface area contributed by atoms with Gasteiger partial charge in [0.25, 0.3) is 0 Å². The van der Waals surface area contributed by atoms with Crippen LogP contribution in [0, 0.1) is 19.3 Å². The second-order valence-corrected chi connectivity index (χ2v) is 14.0. The maximum Gasteiger partial charge on any atom is 0.310 e. The minimum atomic E-state index is -3.34. The third-order valence-electron chi connectivity index (χ3n) is 8.72. The van der Waals surface area contributed by atoms with E-state index in [0.29, 0.717) is 23.6 Å². The molecule has 2 heterocycles. The number of fused-ring (bicyclic) bond motifs is 2. The fraction of sp³-hybridized carbons (Fsp3) is 0.424. The zero-order valence-electron chi connectivity index (χ0n) is 25.7. The van der Waals surface area contributed by atoms with Crippen molar-refractivity contribution in [1.29, 1.82) is 0 Å². The highest BCUT2D eigenvalue weighted by Gasteiger charge is 2.41. The molecule has 1 aliphatic heterocycles. The van der Waals surface area contributed by atoms with Crippen molar-refractivity contribution in [2.24, 2.45) is 5.41 Å². The van der Waals surface area contributed by atoms with Gasteiger partial charge in [-0.25, -0.2) is 4.68 Å². The van der Waals surface area contributed by atoms with Crippen molar-refractivity contribution in [3.8, 4) is 5.75 Å². The van der Waals surface area contributed by atoms with Gasteiger partial charge in [-0.1, -0.05) is 55.5 Å². The van der Waals surface area contributed by atoms with E-state index >= 15 is 0 Å². The van der Waals surface area contributed by atoms with E-state index in [4.69, 9.17) is 4.74 Å². The Labute approximate surface area is 255 Å². The van der Waals surface area contributed by atoms with Gasteiger partial charge in [-0.15, -0.1) is 15.9 Å².